The molecule has 0 amide bonds. The molecule has 0 spiro atoms. The minimum Gasteiger partial charge on any atom is -0.332 e. The Morgan fingerprint density at radius 3 is 2.67 bits per heavy atom. The van der Waals surface area contributed by atoms with E-state index in [1.807, 2.05) is 0 Å². The van der Waals surface area contributed by atoms with E-state index in [-0.39, 0.29) is 16.4 Å². The second-order valence-electron chi connectivity index (χ2n) is 5.37. The highest BCUT2D eigenvalue weighted by molar-refractivity contribution is 6.30. The first-order chi connectivity index (χ1) is 9.92. The topological polar surface area (TPSA) is 64.9 Å². The van der Waals surface area contributed by atoms with Gasteiger partial charge in [0, 0.05) is 10.6 Å². The molecule has 1 heterocycles. The number of benzene rings is 1. The Labute approximate surface area is 125 Å². The number of alkyl halides is 2. The maximum atomic E-state index is 14.4. The summed E-state index contributed by atoms with van der Waals surface area (Å²) in [5, 5.41) is 3.88. The Balaban J connectivity index is 1.95. The fourth-order valence-electron chi connectivity index (χ4n) is 2.59. The molecule has 112 valence electrons. The Kier molecular flexibility index (Phi) is 3.45. The molecule has 2 N–H and O–H groups in total. The summed E-state index contributed by atoms with van der Waals surface area (Å²) in [7, 11) is 0. The molecule has 0 radical (unpaired) electrons. The fourth-order valence-corrected chi connectivity index (χ4v) is 2.78. The molecule has 7 heteroatoms. The maximum Gasteiger partial charge on any atom is 0.350 e. The minimum absolute atomic E-state index is 0.150. The first-order valence-corrected chi connectivity index (χ1v) is 7.07. The van der Waals surface area contributed by atoms with Crippen molar-refractivity contribution in [1.82, 2.24) is 10.1 Å². The van der Waals surface area contributed by atoms with Gasteiger partial charge in [-0.25, -0.2) is 0 Å². The van der Waals surface area contributed by atoms with Gasteiger partial charge in [-0.3, -0.25) is 0 Å². The maximum absolute atomic E-state index is 14.4. The summed E-state index contributed by atoms with van der Waals surface area (Å²) in [5.74, 6) is -4.00. The standard InChI is InChI=1S/C14H14ClF2N3O/c15-10-5-3-4-9(8-10)14(16,17)12-19-11(20-21-12)13(18)6-1-2-7-13/h3-5,8H,1-2,6-7,18H2. The van der Waals surface area contributed by atoms with E-state index in [0.717, 1.165) is 12.8 Å². The van der Waals surface area contributed by atoms with Crippen molar-refractivity contribution in [2.75, 3.05) is 0 Å². The third-order valence-corrected chi connectivity index (χ3v) is 4.06. The molecule has 0 saturated heterocycles. The van der Waals surface area contributed by atoms with Crippen LogP contribution in [-0.2, 0) is 11.5 Å². The monoisotopic (exact) mass is 313 g/mol. The van der Waals surface area contributed by atoms with Gasteiger partial charge in [0.05, 0.1) is 5.54 Å². The van der Waals surface area contributed by atoms with Crippen LogP contribution in [0.25, 0.3) is 0 Å². The smallest absolute Gasteiger partial charge is 0.332 e. The van der Waals surface area contributed by atoms with E-state index in [9.17, 15) is 8.78 Å². The fraction of sp³-hybridized carbons (Fsp3) is 0.429. The van der Waals surface area contributed by atoms with Gasteiger partial charge in [0.2, 0.25) is 0 Å². The molecule has 1 saturated carbocycles. The van der Waals surface area contributed by atoms with Crippen LogP contribution in [0.15, 0.2) is 28.8 Å². The van der Waals surface area contributed by atoms with Gasteiger partial charge < -0.3 is 10.3 Å². The molecule has 0 unspecified atom stereocenters. The first-order valence-electron chi connectivity index (χ1n) is 6.69. The van der Waals surface area contributed by atoms with Crippen molar-refractivity contribution in [1.29, 1.82) is 0 Å². The lowest BCUT2D eigenvalue weighted by Crippen LogP contribution is -2.34. The Morgan fingerprint density at radius 1 is 1.29 bits per heavy atom. The molecule has 2 aromatic rings. The van der Waals surface area contributed by atoms with Crippen molar-refractivity contribution in [3.05, 3.63) is 46.6 Å². The molecular weight excluding hydrogens is 300 g/mol. The number of nitrogens with zero attached hydrogens (tertiary/aromatic N) is 2. The molecular formula is C14H14ClF2N3O. The van der Waals surface area contributed by atoms with Crippen molar-refractivity contribution in [2.45, 2.75) is 37.1 Å². The van der Waals surface area contributed by atoms with Crippen LogP contribution in [0.2, 0.25) is 5.02 Å². The molecule has 1 aromatic heterocycles. The van der Waals surface area contributed by atoms with Crippen LogP contribution in [0.4, 0.5) is 8.78 Å². The summed E-state index contributed by atoms with van der Waals surface area (Å²) in [4.78, 5) is 3.85. The molecule has 1 fully saturated rings. The summed E-state index contributed by atoms with van der Waals surface area (Å²) in [5.41, 5.74) is 5.10. The normalized spacial score (nSPS) is 18.1. The number of nitrogens with two attached hydrogens (primary N) is 1. The van der Waals surface area contributed by atoms with Gasteiger partial charge in [-0.05, 0) is 25.0 Å². The van der Waals surface area contributed by atoms with Crippen LogP contribution in [0.1, 0.15) is 43.0 Å². The Bertz CT molecular complexity index is 653. The Hall–Kier alpha value is -1.53. The molecule has 0 bridgehead atoms. The van der Waals surface area contributed by atoms with E-state index in [1.165, 1.54) is 24.3 Å². The van der Waals surface area contributed by atoms with Gasteiger partial charge in [-0.15, -0.1) is 0 Å². The van der Waals surface area contributed by atoms with Gasteiger partial charge in [-0.1, -0.05) is 41.7 Å². The molecule has 0 aliphatic heterocycles. The largest absolute Gasteiger partial charge is 0.350 e. The van der Waals surface area contributed by atoms with Crippen molar-refractivity contribution in [3.8, 4) is 0 Å². The molecule has 1 aliphatic carbocycles. The molecule has 0 atom stereocenters. The zero-order chi connectivity index (χ0) is 15.1. The first kappa shape index (κ1) is 14.4. The lowest BCUT2D eigenvalue weighted by Gasteiger charge is -2.18. The van der Waals surface area contributed by atoms with E-state index in [0.29, 0.717) is 12.8 Å². The number of hydrogen-bond donors (Lipinski definition) is 1. The zero-order valence-corrected chi connectivity index (χ0v) is 11.9. The van der Waals surface area contributed by atoms with Gasteiger partial charge in [0.15, 0.2) is 5.82 Å². The van der Waals surface area contributed by atoms with Gasteiger partial charge in [0.25, 0.3) is 0 Å². The zero-order valence-electron chi connectivity index (χ0n) is 11.2. The van der Waals surface area contributed by atoms with Crippen molar-refractivity contribution in [3.63, 3.8) is 0 Å². The van der Waals surface area contributed by atoms with E-state index in [1.54, 1.807) is 0 Å². The van der Waals surface area contributed by atoms with Gasteiger partial charge >= 0.3 is 11.8 Å². The number of halogens is 3. The number of hydrogen-bond acceptors (Lipinski definition) is 4. The lowest BCUT2D eigenvalue weighted by atomic mass is 9.98. The molecule has 1 aliphatic rings. The summed E-state index contributed by atoms with van der Waals surface area (Å²) < 4.78 is 33.6. The van der Waals surface area contributed by atoms with Crippen LogP contribution in [0.3, 0.4) is 0 Å². The second-order valence-corrected chi connectivity index (χ2v) is 5.81. The second kappa shape index (κ2) is 5.03. The van der Waals surface area contributed by atoms with Gasteiger partial charge in [-0.2, -0.15) is 13.8 Å². The van der Waals surface area contributed by atoms with Crippen LogP contribution < -0.4 is 5.73 Å². The SMILES string of the molecule is NC1(c2noc(C(F)(F)c3cccc(Cl)c3)n2)CCCC1. The molecule has 4 nitrogen and oxygen atoms in total. The summed E-state index contributed by atoms with van der Waals surface area (Å²) in [6, 6.07) is 5.42. The average molecular weight is 314 g/mol. The molecule has 3 rings (SSSR count). The highest BCUT2D eigenvalue weighted by Crippen LogP contribution is 2.39. The average Bonchev–Trinajstić information content (AvgIpc) is 3.08. The van der Waals surface area contributed by atoms with E-state index in [4.69, 9.17) is 21.9 Å². The highest BCUT2D eigenvalue weighted by atomic mass is 35.5. The van der Waals surface area contributed by atoms with Crippen molar-refractivity contribution < 1.29 is 13.3 Å². The van der Waals surface area contributed by atoms with Gasteiger partial charge in [0.1, 0.15) is 0 Å². The van der Waals surface area contributed by atoms with Crippen LogP contribution in [0.5, 0.6) is 0 Å². The number of aromatic nitrogens is 2. The molecule has 1 aromatic carbocycles. The van der Waals surface area contributed by atoms with E-state index < -0.39 is 17.4 Å². The van der Waals surface area contributed by atoms with Crippen LogP contribution in [-0.4, -0.2) is 10.1 Å². The molecule has 21 heavy (non-hydrogen) atoms. The van der Waals surface area contributed by atoms with E-state index >= 15 is 0 Å². The van der Waals surface area contributed by atoms with Crippen molar-refractivity contribution in [2.24, 2.45) is 5.73 Å². The lowest BCUT2D eigenvalue weighted by molar-refractivity contribution is 0.00762. The summed E-state index contributed by atoms with van der Waals surface area (Å²) in [6.45, 7) is 0. The number of rotatable bonds is 3. The van der Waals surface area contributed by atoms with Crippen molar-refractivity contribution >= 4 is 11.6 Å². The van der Waals surface area contributed by atoms with Crippen LogP contribution >= 0.6 is 11.6 Å². The Morgan fingerprint density at radius 2 is 2.00 bits per heavy atom. The predicted molar refractivity (Wildman–Crippen MR) is 73.1 cm³/mol. The summed E-state index contributed by atoms with van der Waals surface area (Å²) in [6.07, 6.45) is 3.22. The van der Waals surface area contributed by atoms with Crippen LogP contribution in [0, 0.1) is 0 Å². The minimum atomic E-state index is -3.40. The van der Waals surface area contributed by atoms with E-state index in [2.05, 4.69) is 10.1 Å². The third-order valence-electron chi connectivity index (χ3n) is 3.82. The quantitative estimate of drug-likeness (QED) is 0.940. The predicted octanol–water partition coefficient (Wildman–Crippen LogP) is 3.59. The highest BCUT2D eigenvalue weighted by Gasteiger charge is 2.43. The third kappa shape index (κ3) is 2.53. The summed E-state index contributed by atoms with van der Waals surface area (Å²) >= 11 is 5.75.